The number of pyridine rings is 1. The van der Waals surface area contributed by atoms with Crippen LogP contribution in [0.5, 0.6) is 0 Å². The zero-order valence-corrected chi connectivity index (χ0v) is 10.4. The van der Waals surface area contributed by atoms with Crippen molar-refractivity contribution in [3.63, 3.8) is 0 Å². The van der Waals surface area contributed by atoms with Gasteiger partial charge in [-0.2, -0.15) is 5.10 Å². The number of primary amides is 1. The number of rotatable bonds is 3. The summed E-state index contributed by atoms with van der Waals surface area (Å²) in [5.41, 5.74) is 6.92. The Morgan fingerprint density at radius 2 is 2.05 bits per heavy atom. The molecule has 7 nitrogen and oxygen atoms in total. The highest BCUT2D eigenvalue weighted by Gasteiger charge is 2.17. The van der Waals surface area contributed by atoms with Gasteiger partial charge < -0.3 is 10.8 Å². The molecular formula is C12H12N4O3. The van der Waals surface area contributed by atoms with E-state index in [9.17, 15) is 9.59 Å². The molecule has 0 aliphatic rings. The van der Waals surface area contributed by atoms with Gasteiger partial charge in [-0.25, -0.2) is 14.5 Å². The number of aryl methyl sites for hydroxylation is 2. The predicted molar refractivity (Wildman–Crippen MR) is 66.3 cm³/mol. The lowest BCUT2D eigenvalue weighted by Gasteiger charge is -2.09. The Hall–Kier alpha value is -2.70. The van der Waals surface area contributed by atoms with Crippen LogP contribution in [0.15, 0.2) is 18.5 Å². The van der Waals surface area contributed by atoms with Crippen molar-refractivity contribution in [3.05, 3.63) is 40.8 Å². The largest absolute Gasteiger partial charge is 0.478 e. The first-order chi connectivity index (χ1) is 8.90. The Labute approximate surface area is 108 Å². The minimum atomic E-state index is -1.10. The number of carboxylic acids is 1. The number of hydrogen-bond acceptors (Lipinski definition) is 4. The van der Waals surface area contributed by atoms with Crippen molar-refractivity contribution in [2.45, 2.75) is 13.8 Å². The molecule has 1 amide bonds. The Balaban J connectivity index is 2.66. The molecule has 0 unspecified atom stereocenters. The zero-order valence-electron chi connectivity index (χ0n) is 10.4. The maximum absolute atomic E-state index is 11.5. The van der Waals surface area contributed by atoms with Gasteiger partial charge in [-0.3, -0.25) is 4.79 Å². The fourth-order valence-electron chi connectivity index (χ4n) is 1.84. The molecule has 0 saturated heterocycles. The molecular weight excluding hydrogens is 248 g/mol. The second-order valence-electron chi connectivity index (χ2n) is 4.12. The maximum Gasteiger partial charge on any atom is 0.338 e. The first-order valence-electron chi connectivity index (χ1n) is 5.46. The fourth-order valence-corrected chi connectivity index (χ4v) is 1.84. The van der Waals surface area contributed by atoms with Gasteiger partial charge in [0.15, 0.2) is 5.82 Å². The van der Waals surface area contributed by atoms with Gasteiger partial charge in [0.2, 0.25) is 0 Å². The summed E-state index contributed by atoms with van der Waals surface area (Å²) < 4.78 is 1.24. The van der Waals surface area contributed by atoms with Crippen LogP contribution in [-0.4, -0.2) is 31.7 Å². The topological polar surface area (TPSA) is 111 Å². The molecule has 0 atom stereocenters. The minimum absolute atomic E-state index is 0.0105. The van der Waals surface area contributed by atoms with Crippen LogP contribution < -0.4 is 5.73 Å². The summed E-state index contributed by atoms with van der Waals surface area (Å²) in [5.74, 6) is -1.50. The lowest BCUT2D eigenvalue weighted by molar-refractivity contribution is 0.0696. The second kappa shape index (κ2) is 4.52. The monoisotopic (exact) mass is 260 g/mol. The van der Waals surface area contributed by atoms with Gasteiger partial charge in [-0.15, -0.1) is 0 Å². The molecule has 2 aromatic rings. The molecule has 0 radical (unpaired) electrons. The number of carbonyl (C=O) groups is 2. The maximum atomic E-state index is 11.5. The molecule has 0 spiro atoms. The number of amides is 1. The molecule has 7 heteroatoms. The van der Waals surface area contributed by atoms with Gasteiger partial charge in [-0.1, -0.05) is 0 Å². The average molecular weight is 260 g/mol. The van der Waals surface area contributed by atoms with E-state index in [0.29, 0.717) is 11.3 Å². The van der Waals surface area contributed by atoms with Crippen molar-refractivity contribution >= 4 is 11.9 Å². The van der Waals surface area contributed by atoms with Crippen molar-refractivity contribution < 1.29 is 14.7 Å². The number of aromatic carboxylic acids is 1. The average Bonchev–Trinajstić information content (AvgIpc) is 2.76. The van der Waals surface area contributed by atoms with Gasteiger partial charge in [0.1, 0.15) is 0 Å². The summed E-state index contributed by atoms with van der Waals surface area (Å²) in [7, 11) is 0. The van der Waals surface area contributed by atoms with Crippen LogP contribution in [0.3, 0.4) is 0 Å². The third kappa shape index (κ3) is 2.30. The Kier molecular flexibility index (Phi) is 3.04. The molecule has 0 bridgehead atoms. The zero-order chi connectivity index (χ0) is 14.2. The Morgan fingerprint density at radius 1 is 1.37 bits per heavy atom. The van der Waals surface area contributed by atoms with E-state index in [1.54, 1.807) is 19.9 Å². The van der Waals surface area contributed by atoms with Crippen molar-refractivity contribution in [3.8, 4) is 5.82 Å². The van der Waals surface area contributed by atoms with Crippen LogP contribution in [0.25, 0.3) is 5.82 Å². The smallest absolute Gasteiger partial charge is 0.338 e. The van der Waals surface area contributed by atoms with Crippen LogP contribution in [0, 0.1) is 13.8 Å². The van der Waals surface area contributed by atoms with Crippen LogP contribution in [-0.2, 0) is 0 Å². The summed E-state index contributed by atoms with van der Waals surface area (Å²) >= 11 is 0. The molecule has 2 rings (SSSR count). The van der Waals surface area contributed by atoms with Crippen molar-refractivity contribution in [1.29, 1.82) is 0 Å². The van der Waals surface area contributed by atoms with E-state index in [1.165, 1.54) is 17.1 Å². The molecule has 19 heavy (non-hydrogen) atoms. The second-order valence-corrected chi connectivity index (χ2v) is 4.12. The number of nitrogens with two attached hydrogens (primary N) is 1. The van der Waals surface area contributed by atoms with Crippen molar-refractivity contribution in [2.75, 3.05) is 0 Å². The van der Waals surface area contributed by atoms with E-state index in [0.717, 1.165) is 0 Å². The summed E-state index contributed by atoms with van der Waals surface area (Å²) in [6.07, 6.45) is 2.47. The van der Waals surface area contributed by atoms with Crippen LogP contribution in [0.1, 0.15) is 32.0 Å². The van der Waals surface area contributed by atoms with Gasteiger partial charge >= 0.3 is 5.97 Å². The van der Waals surface area contributed by atoms with E-state index in [1.807, 2.05) is 0 Å². The highest BCUT2D eigenvalue weighted by atomic mass is 16.4. The first-order valence-corrected chi connectivity index (χ1v) is 5.46. The summed E-state index contributed by atoms with van der Waals surface area (Å²) in [6.45, 7) is 3.50. The number of aromatic nitrogens is 3. The van der Waals surface area contributed by atoms with Crippen molar-refractivity contribution in [1.82, 2.24) is 14.8 Å². The van der Waals surface area contributed by atoms with E-state index in [4.69, 9.17) is 10.8 Å². The van der Waals surface area contributed by atoms with Gasteiger partial charge in [-0.05, 0) is 25.5 Å². The predicted octanol–water partition coefficient (Wildman–Crippen LogP) is 0.681. The standard InChI is InChI=1S/C12H12N4O3/c1-6-3-7(2)15-11(9(6)10(13)17)16-5-8(4-14-16)12(18)19/h3-5H,1-2H3,(H2,13,17)(H,18,19). The number of carboxylic acid groups (broad SMARTS) is 1. The van der Waals surface area contributed by atoms with Gasteiger partial charge in [0.05, 0.1) is 17.3 Å². The lowest BCUT2D eigenvalue weighted by atomic mass is 10.1. The molecule has 0 fully saturated rings. The highest BCUT2D eigenvalue weighted by Crippen LogP contribution is 2.17. The normalized spacial score (nSPS) is 10.4. The van der Waals surface area contributed by atoms with Crippen molar-refractivity contribution in [2.24, 2.45) is 5.73 Å². The van der Waals surface area contributed by atoms with E-state index in [-0.39, 0.29) is 16.9 Å². The third-order valence-corrected chi connectivity index (χ3v) is 2.62. The summed E-state index contributed by atoms with van der Waals surface area (Å²) in [6, 6.07) is 1.73. The summed E-state index contributed by atoms with van der Waals surface area (Å²) in [5, 5.41) is 12.8. The lowest BCUT2D eigenvalue weighted by Crippen LogP contribution is -2.18. The third-order valence-electron chi connectivity index (χ3n) is 2.62. The quantitative estimate of drug-likeness (QED) is 0.842. The molecule has 2 aromatic heterocycles. The van der Waals surface area contributed by atoms with Crippen LogP contribution >= 0.6 is 0 Å². The van der Waals surface area contributed by atoms with Gasteiger partial charge in [0, 0.05) is 11.9 Å². The molecule has 2 heterocycles. The number of nitrogens with zero attached hydrogens (tertiary/aromatic N) is 3. The first kappa shape index (κ1) is 12.7. The fraction of sp³-hybridized carbons (Fsp3) is 0.167. The molecule has 0 saturated carbocycles. The Bertz CT molecular complexity index is 676. The molecule has 0 aromatic carbocycles. The SMILES string of the molecule is Cc1cc(C)c(C(N)=O)c(-n2cc(C(=O)O)cn2)n1. The molecule has 0 aliphatic heterocycles. The van der Waals surface area contributed by atoms with Gasteiger partial charge in [0.25, 0.3) is 5.91 Å². The molecule has 3 N–H and O–H groups in total. The van der Waals surface area contributed by atoms with E-state index in [2.05, 4.69) is 10.1 Å². The van der Waals surface area contributed by atoms with Crippen LogP contribution in [0.2, 0.25) is 0 Å². The number of hydrogen-bond donors (Lipinski definition) is 2. The minimum Gasteiger partial charge on any atom is -0.478 e. The molecule has 0 aliphatic carbocycles. The molecule has 98 valence electrons. The van der Waals surface area contributed by atoms with E-state index >= 15 is 0 Å². The van der Waals surface area contributed by atoms with Crippen LogP contribution in [0.4, 0.5) is 0 Å². The van der Waals surface area contributed by atoms with E-state index < -0.39 is 11.9 Å². The summed E-state index contributed by atoms with van der Waals surface area (Å²) in [4.78, 5) is 26.5. The highest BCUT2D eigenvalue weighted by molar-refractivity contribution is 5.97. The number of carbonyl (C=O) groups excluding carboxylic acids is 1. The Morgan fingerprint density at radius 3 is 2.58 bits per heavy atom.